The van der Waals surface area contributed by atoms with Gasteiger partial charge in [-0.05, 0) is 50.1 Å². The lowest BCUT2D eigenvalue weighted by atomic mass is 10.1. The van der Waals surface area contributed by atoms with Crippen molar-refractivity contribution < 1.29 is 9.59 Å². The molecule has 0 fully saturated rings. The van der Waals surface area contributed by atoms with Crippen LogP contribution in [0.25, 0.3) is 0 Å². The van der Waals surface area contributed by atoms with E-state index < -0.39 is 0 Å². The SMILES string of the molecule is CC(=O)N(CCC(=O)Nc1cccc(Cl)c1C)c1ccc(C)cc1C. The smallest absolute Gasteiger partial charge is 0.226 e. The molecule has 0 atom stereocenters. The van der Waals surface area contributed by atoms with Crippen LogP contribution in [0.4, 0.5) is 11.4 Å². The summed E-state index contributed by atoms with van der Waals surface area (Å²) >= 11 is 6.07. The molecular weight excluding hydrogens is 336 g/mol. The number of nitrogens with zero attached hydrogens (tertiary/aromatic N) is 1. The summed E-state index contributed by atoms with van der Waals surface area (Å²) < 4.78 is 0. The van der Waals surface area contributed by atoms with E-state index in [0.717, 1.165) is 22.4 Å². The minimum Gasteiger partial charge on any atom is -0.326 e. The number of anilines is 2. The molecule has 2 aromatic rings. The highest BCUT2D eigenvalue weighted by molar-refractivity contribution is 6.31. The summed E-state index contributed by atoms with van der Waals surface area (Å²) in [5, 5.41) is 3.47. The van der Waals surface area contributed by atoms with Gasteiger partial charge in [-0.15, -0.1) is 0 Å². The molecule has 25 heavy (non-hydrogen) atoms. The number of carbonyl (C=O) groups excluding carboxylic acids is 2. The third-order valence-electron chi connectivity index (χ3n) is 4.13. The van der Waals surface area contributed by atoms with Crippen LogP contribution in [0.15, 0.2) is 36.4 Å². The van der Waals surface area contributed by atoms with E-state index in [1.165, 1.54) is 6.92 Å². The van der Waals surface area contributed by atoms with E-state index in [4.69, 9.17) is 11.6 Å². The van der Waals surface area contributed by atoms with Crippen molar-refractivity contribution >= 4 is 34.8 Å². The van der Waals surface area contributed by atoms with Gasteiger partial charge in [-0.25, -0.2) is 0 Å². The van der Waals surface area contributed by atoms with Gasteiger partial charge in [-0.2, -0.15) is 0 Å². The van der Waals surface area contributed by atoms with Gasteiger partial charge in [0, 0.05) is 36.3 Å². The van der Waals surface area contributed by atoms with Gasteiger partial charge in [0.2, 0.25) is 11.8 Å². The number of benzene rings is 2. The van der Waals surface area contributed by atoms with Gasteiger partial charge in [-0.3, -0.25) is 9.59 Å². The Morgan fingerprint density at radius 2 is 1.84 bits per heavy atom. The predicted octanol–water partition coefficient (Wildman–Crippen LogP) is 4.65. The van der Waals surface area contributed by atoms with Crippen molar-refractivity contribution in [3.63, 3.8) is 0 Å². The zero-order valence-electron chi connectivity index (χ0n) is 15.0. The van der Waals surface area contributed by atoms with Gasteiger partial charge >= 0.3 is 0 Å². The summed E-state index contributed by atoms with van der Waals surface area (Å²) in [6, 6.07) is 11.3. The Bertz CT molecular complexity index is 802. The highest BCUT2D eigenvalue weighted by Gasteiger charge is 2.16. The second kappa shape index (κ2) is 8.17. The van der Waals surface area contributed by atoms with Crippen LogP contribution in [0.3, 0.4) is 0 Å². The standard InChI is InChI=1S/C20H23ClN2O2/c1-13-8-9-19(14(2)12-13)23(16(4)24)11-10-20(25)22-18-7-5-6-17(21)15(18)3/h5-9,12H,10-11H2,1-4H3,(H,22,25). The molecule has 0 aliphatic rings. The first-order valence-electron chi connectivity index (χ1n) is 8.20. The Balaban J connectivity index is 2.07. The highest BCUT2D eigenvalue weighted by Crippen LogP contribution is 2.24. The number of nitrogens with one attached hydrogen (secondary N) is 1. The summed E-state index contributed by atoms with van der Waals surface area (Å²) in [6.07, 6.45) is 0.207. The van der Waals surface area contributed by atoms with Crippen molar-refractivity contribution in [2.24, 2.45) is 0 Å². The normalized spacial score (nSPS) is 10.4. The lowest BCUT2D eigenvalue weighted by Gasteiger charge is -2.23. The third kappa shape index (κ3) is 4.83. The number of amides is 2. The highest BCUT2D eigenvalue weighted by atomic mass is 35.5. The number of carbonyl (C=O) groups is 2. The molecule has 4 nitrogen and oxygen atoms in total. The van der Waals surface area contributed by atoms with E-state index in [1.54, 1.807) is 17.0 Å². The minimum absolute atomic E-state index is 0.0845. The molecule has 0 saturated heterocycles. The second-order valence-corrected chi connectivity index (χ2v) is 6.58. The molecule has 0 saturated carbocycles. The van der Waals surface area contributed by atoms with Gasteiger partial charge in [0.1, 0.15) is 0 Å². The zero-order chi connectivity index (χ0) is 18.6. The van der Waals surface area contributed by atoms with Gasteiger partial charge in [-0.1, -0.05) is 35.4 Å². The molecule has 0 bridgehead atoms. The van der Waals surface area contributed by atoms with Crippen LogP contribution in [0.5, 0.6) is 0 Å². The Morgan fingerprint density at radius 3 is 2.48 bits per heavy atom. The second-order valence-electron chi connectivity index (χ2n) is 6.17. The van der Waals surface area contributed by atoms with Gasteiger partial charge in [0.05, 0.1) is 0 Å². The van der Waals surface area contributed by atoms with Gasteiger partial charge in [0.25, 0.3) is 0 Å². The van der Waals surface area contributed by atoms with E-state index in [0.29, 0.717) is 17.3 Å². The molecular formula is C20H23ClN2O2. The van der Waals surface area contributed by atoms with Crippen molar-refractivity contribution in [2.45, 2.75) is 34.1 Å². The van der Waals surface area contributed by atoms with Crippen molar-refractivity contribution in [3.05, 3.63) is 58.1 Å². The monoisotopic (exact) mass is 358 g/mol. The number of halogens is 1. The zero-order valence-corrected chi connectivity index (χ0v) is 15.8. The molecule has 0 spiro atoms. The van der Waals surface area contributed by atoms with Crippen molar-refractivity contribution in [1.29, 1.82) is 0 Å². The van der Waals surface area contributed by atoms with Crippen molar-refractivity contribution in [3.8, 4) is 0 Å². The number of aryl methyl sites for hydroxylation is 2. The van der Waals surface area contributed by atoms with E-state index in [2.05, 4.69) is 5.32 Å². The Kier molecular flexibility index (Phi) is 6.21. The first kappa shape index (κ1) is 19.0. The maximum absolute atomic E-state index is 12.3. The molecule has 0 aliphatic heterocycles. The van der Waals surface area contributed by atoms with Crippen LogP contribution >= 0.6 is 11.6 Å². The molecule has 1 N–H and O–H groups in total. The first-order valence-corrected chi connectivity index (χ1v) is 8.57. The van der Waals surface area contributed by atoms with Gasteiger partial charge < -0.3 is 10.2 Å². The van der Waals surface area contributed by atoms with E-state index >= 15 is 0 Å². The quantitative estimate of drug-likeness (QED) is 0.845. The van der Waals surface area contributed by atoms with Crippen molar-refractivity contribution in [2.75, 3.05) is 16.8 Å². The average molecular weight is 359 g/mol. The molecule has 132 valence electrons. The molecule has 2 aromatic carbocycles. The lowest BCUT2D eigenvalue weighted by Crippen LogP contribution is -2.32. The lowest BCUT2D eigenvalue weighted by molar-refractivity contribution is -0.117. The summed E-state index contributed by atoms with van der Waals surface area (Å²) in [4.78, 5) is 25.9. The molecule has 2 rings (SSSR count). The third-order valence-corrected chi connectivity index (χ3v) is 4.54. The fourth-order valence-electron chi connectivity index (χ4n) is 2.72. The molecule has 2 amide bonds. The number of hydrogen-bond donors (Lipinski definition) is 1. The maximum atomic E-state index is 12.3. The molecule has 0 heterocycles. The Hall–Kier alpha value is -2.33. The van der Waals surface area contributed by atoms with Crippen LogP contribution in [0.2, 0.25) is 5.02 Å². The molecule has 0 aliphatic carbocycles. The molecule has 0 unspecified atom stereocenters. The van der Waals surface area contributed by atoms with Crippen LogP contribution in [0, 0.1) is 20.8 Å². The van der Waals surface area contributed by atoms with Crippen LogP contribution in [-0.4, -0.2) is 18.4 Å². The van der Waals surface area contributed by atoms with E-state index in [1.807, 2.05) is 45.0 Å². The Morgan fingerprint density at radius 1 is 1.12 bits per heavy atom. The number of rotatable bonds is 5. The average Bonchev–Trinajstić information content (AvgIpc) is 2.53. The van der Waals surface area contributed by atoms with E-state index in [9.17, 15) is 9.59 Å². The summed E-state index contributed by atoms with van der Waals surface area (Å²) in [5.74, 6) is -0.236. The predicted molar refractivity (Wildman–Crippen MR) is 103 cm³/mol. The largest absolute Gasteiger partial charge is 0.326 e. The summed E-state index contributed by atoms with van der Waals surface area (Å²) in [5.41, 5.74) is 4.51. The van der Waals surface area contributed by atoms with Crippen LogP contribution in [-0.2, 0) is 9.59 Å². The van der Waals surface area contributed by atoms with Crippen LogP contribution in [0.1, 0.15) is 30.0 Å². The molecule has 0 aromatic heterocycles. The fraction of sp³-hybridized carbons (Fsp3) is 0.300. The fourth-order valence-corrected chi connectivity index (χ4v) is 2.90. The van der Waals surface area contributed by atoms with E-state index in [-0.39, 0.29) is 18.2 Å². The van der Waals surface area contributed by atoms with Crippen LogP contribution < -0.4 is 10.2 Å². The molecule has 5 heteroatoms. The van der Waals surface area contributed by atoms with Gasteiger partial charge in [0.15, 0.2) is 0 Å². The minimum atomic E-state index is -0.151. The topological polar surface area (TPSA) is 49.4 Å². The Labute approximate surface area is 153 Å². The maximum Gasteiger partial charge on any atom is 0.226 e. The first-order chi connectivity index (χ1) is 11.8. The number of hydrogen-bond acceptors (Lipinski definition) is 2. The summed E-state index contributed by atoms with van der Waals surface area (Å²) in [7, 11) is 0. The van der Waals surface area contributed by atoms with Crippen molar-refractivity contribution in [1.82, 2.24) is 0 Å². The molecule has 0 radical (unpaired) electrons. The summed E-state index contributed by atoms with van der Waals surface area (Å²) in [6.45, 7) is 7.67.